The number of ether oxygens (including phenoxy) is 2. The van der Waals surface area contributed by atoms with Gasteiger partial charge in [0.05, 0.1) is 20.5 Å². The van der Waals surface area contributed by atoms with E-state index in [9.17, 15) is 15.0 Å². The number of rotatable bonds is 4. The van der Waals surface area contributed by atoms with E-state index in [4.69, 9.17) is 9.47 Å². The lowest BCUT2D eigenvalue weighted by molar-refractivity contribution is -0.174. The van der Waals surface area contributed by atoms with Gasteiger partial charge in [-0.3, -0.25) is 0 Å². The summed E-state index contributed by atoms with van der Waals surface area (Å²) in [6.45, 7) is 0. The Hall–Kier alpha value is -1.35. The Morgan fingerprint density at radius 2 is 1.77 bits per heavy atom. The monoisotopic (exact) mass is 546 g/mol. The second kappa shape index (κ2) is 7.34. The van der Waals surface area contributed by atoms with Gasteiger partial charge >= 0.3 is 5.97 Å². The van der Waals surface area contributed by atoms with E-state index in [2.05, 4.69) is 47.8 Å². The summed E-state index contributed by atoms with van der Waals surface area (Å²) in [4.78, 5) is 11.9. The fraction of sp³-hybridized carbons (Fsp3) is 0.167. The minimum Gasteiger partial charge on any atom is -0.506 e. The second-order valence-electron chi connectivity index (χ2n) is 5.70. The zero-order valence-electron chi connectivity index (χ0n) is 13.4. The van der Waals surface area contributed by atoms with Crippen LogP contribution < -0.4 is 4.74 Å². The van der Waals surface area contributed by atoms with Gasteiger partial charge in [0.1, 0.15) is 11.5 Å². The van der Waals surface area contributed by atoms with Gasteiger partial charge in [0.15, 0.2) is 0 Å². The lowest BCUT2D eigenvalue weighted by Crippen LogP contribution is -2.33. The van der Waals surface area contributed by atoms with Crippen molar-refractivity contribution in [1.29, 1.82) is 0 Å². The van der Waals surface area contributed by atoms with E-state index >= 15 is 0 Å². The zero-order chi connectivity index (χ0) is 19.1. The van der Waals surface area contributed by atoms with Crippen molar-refractivity contribution in [2.24, 2.45) is 0 Å². The van der Waals surface area contributed by atoms with Crippen LogP contribution in [0.25, 0.3) is 5.57 Å². The molecule has 2 N–H and O–H groups in total. The van der Waals surface area contributed by atoms with Crippen molar-refractivity contribution in [3.8, 4) is 11.5 Å². The fourth-order valence-corrected chi connectivity index (χ4v) is 4.51. The Morgan fingerprint density at radius 1 is 1.12 bits per heavy atom. The summed E-state index contributed by atoms with van der Waals surface area (Å²) in [6.07, 6.45) is 1.31. The number of esters is 1. The molecule has 0 fully saturated rings. The van der Waals surface area contributed by atoms with Gasteiger partial charge in [-0.25, -0.2) is 4.79 Å². The van der Waals surface area contributed by atoms with Crippen LogP contribution in [0.15, 0.2) is 49.8 Å². The SMILES string of the molecule is COc1ccc(C[C@@]2(O)OC(=O)C=C2c2cc(Br)c(O)c(Br)c2)cc1Br. The number of phenolic OH excluding ortho intramolecular Hbond substituents is 1. The van der Waals surface area contributed by atoms with Crippen LogP contribution in [0, 0.1) is 0 Å². The third-order valence-corrected chi connectivity index (χ3v) is 5.77. The largest absolute Gasteiger partial charge is 0.506 e. The molecule has 1 atom stereocenters. The summed E-state index contributed by atoms with van der Waals surface area (Å²) < 4.78 is 12.0. The summed E-state index contributed by atoms with van der Waals surface area (Å²) in [5.41, 5.74) is 1.61. The molecule has 1 aliphatic heterocycles. The maximum atomic E-state index is 11.9. The Morgan fingerprint density at radius 3 is 2.35 bits per heavy atom. The van der Waals surface area contributed by atoms with Gasteiger partial charge in [0, 0.05) is 18.1 Å². The lowest BCUT2D eigenvalue weighted by Gasteiger charge is -2.26. The predicted molar refractivity (Wildman–Crippen MR) is 107 cm³/mol. The van der Waals surface area contributed by atoms with E-state index in [1.807, 2.05) is 0 Å². The summed E-state index contributed by atoms with van der Waals surface area (Å²) in [5, 5.41) is 20.9. The van der Waals surface area contributed by atoms with Gasteiger partial charge in [-0.2, -0.15) is 0 Å². The molecule has 1 heterocycles. The van der Waals surface area contributed by atoms with Crippen molar-refractivity contribution >= 4 is 59.3 Å². The Kier molecular flexibility index (Phi) is 5.48. The molecule has 0 unspecified atom stereocenters. The molecule has 2 aromatic rings. The van der Waals surface area contributed by atoms with Gasteiger partial charge in [-0.05, 0) is 83.2 Å². The highest BCUT2D eigenvalue weighted by Crippen LogP contribution is 2.42. The highest BCUT2D eigenvalue weighted by atomic mass is 79.9. The molecular weight excluding hydrogens is 536 g/mol. The molecule has 26 heavy (non-hydrogen) atoms. The molecule has 8 heteroatoms. The van der Waals surface area contributed by atoms with Crippen LogP contribution in [0.2, 0.25) is 0 Å². The number of aromatic hydroxyl groups is 1. The van der Waals surface area contributed by atoms with Crippen molar-refractivity contribution in [3.63, 3.8) is 0 Å². The zero-order valence-corrected chi connectivity index (χ0v) is 18.2. The standard InChI is InChI=1S/C18H13Br3O5/c1-25-15-3-2-9(4-12(15)19)8-18(24)11(7-16(22)26-18)10-5-13(20)17(23)14(21)6-10/h2-7,23-24H,8H2,1H3/t18-/m1/s1. The molecule has 0 spiro atoms. The number of carbonyl (C=O) groups excluding carboxylic acids is 1. The van der Waals surface area contributed by atoms with Crippen molar-refractivity contribution in [1.82, 2.24) is 0 Å². The van der Waals surface area contributed by atoms with Gasteiger partial charge in [0.25, 0.3) is 0 Å². The normalized spacial score (nSPS) is 19.3. The van der Waals surface area contributed by atoms with E-state index in [0.29, 0.717) is 25.8 Å². The summed E-state index contributed by atoms with van der Waals surface area (Å²) >= 11 is 9.91. The fourth-order valence-electron chi connectivity index (χ4n) is 2.74. The van der Waals surface area contributed by atoms with Crippen molar-refractivity contribution in [3.05, 3.63) is 61.0 Å². The number of carbonyl (C=O) groups is 1. The lowest BCUT2D eigenvalue weighted by atomic mass is 9.93. The van der Waals surface area contributed by atoms with Crippen LogP contribution in [0.1, 0.15) is 11.1 Å². The maximum absolute atomic E-state index is 11.9. The molecule has 0 saturated heterocycles. The third-order valence-electron chi connectivity index (χ3n) is 3.94. The topological polar surface area (TPSA) is 76.0 Å². The van der Waals surface area contributed by atoms with Gasteiger partial charge in [0.2, 0.25) is 5.79 Å². The van der Waals surface area contributed by atoms with Crippen LogP contribution in [0.5, 0.6) is 11.5 Å². The number of phenols is 1. The number of hydrogen-bond acceptors (Lipinski definition) is 5. The predicted octanol–water partition coefficient (Wildman–Crippen LogP) is 4.56. The molecule has 1 aliphatic rings. The average Bonchev–Trinajstić information content (AvgIpc) is 2.86. The molecule has 0 aliphatic carbocycles. The first kappa shape index (κ1) is 19.4. The summed E-state index contributed by atoms with van der Waals surface area (Å²) in [6, 6.07) is 8.57. The summed E-state index contributed by atoms with van der Waals surface area (Å²) in [7, 11) is 1.56. The summed E-state index contributed by atoms with van der Waals surface area (Å²) in [5.74, 6) is -1.76. The Balaban J connectivity index is 1.99. The minimum atomic E-state index is -1.82. The molecular formula is C18H13Br3O5. The van der Waals surface area contributed by atoms with Crippen molar-refractivity contribution in [2.45, 2.75) is 12.2 Å². The molecule has 2 aromatic carbocycles. The second-order valence-corrected chi connectivity index (χ2v) is 8.26. The maximum Gasteiger partial charge on any atom is 0.334 e. The van der Waals surface area contributed by atoms with Crippen LogP contribution in [0.3, 0.4) is 0 Å². The number of hydrogen-bond donors (Lipinski definition) is 2. The molecule has 5 nitrogen and oxygen atoms in total. The van der Waals surface area contributed by atoms with Gasteiger partial charge < -0.3 is 19.7 Å². The van der Waals surface area contributed by atoms with Gasteiger partial charge in [-0.1, -0.05) is 6.07 Å². The molecule has 0 radical (unpaired) electrons. The van der Waals surface area contributed by atoms with E-state index in [1.54, 1.807) is 37.4 Å². The molecule has 0 bridgehead atoms. The Bertz CT molecular complexity index is 902. The first-order chi connectivity index (χ1) is 12.2. The number of cyclic esters (lactones) is 1. The van der Waals surface area contributed by atoms with E-state index in [1.165, 1.54) is 6.08 Å². The Labute approximate surface area is 175 Å². The van der Waals surface area contributed by atoms with Crippen molar-refractivity contribution in [2.75, 3.05) is 7.11 Å². The number of halogens is 3. The van der Waals surface area contributed by atoms with Crippen LogP contribution in [-0.4, -0.2) is 29.1 Å². The molecule has 3 rings (SSSR count). The van der Waals surface area contributed by atoms with E-state index in [0.717, 1.165) is 10.0 Å². The smallest absolute Gasteiger partial charge is 0.334 e. The first-order valence-corrected chi connectivity index (χ1v) is 9.80. The van der Waals surface area contributed by atoms with Gasteiger partial charge in [-0.15, -0.1) is 0 Å². The molecule has 0 saturated carbocycles. The highest BCUT2D eigenvalue weighted by molar-refractivity contribution is 9.11. The van der Waals surface area contributed by atoms with Crippen LogP contribution in [0.4, 0.5) is 0 Å². The van der Waals surface area contributed by atoms with Crippen molar-refractivity contribution < 1.29 is 24.5 Å². The van der Waals surface area contributed by atoms with E-state index in [-0.39, 0.29) is 12.2 Å². The third kappa shape index (κ3) is 3.69. The average molecular weight is 549 g/mol. The number of aliphatic hydroxyl groups is 1. The molecule has 0 amide bonds. The molecule has 0 aromatic heterocycles. The quantitative estimate of drug-likeness (QED) is 0.548. The van der Waals surface area contributed by atoms with Crippen LogP contribution in [-0.2, 0) is 16.0 Å². The highest BCUT2D eigenvalue weighted by Gasteiger charge is 2.42. The van der Waals surface area contributed by atoms with E-state index < -0.39 is 11.8 Å². The number of methoxy groups -OCH3 is 1. The van der Waals surface area contributed by atoms with Crippen LogP contribution >= 0.6 is 47.8 Å². The molecule has 136 valence electrons. The first-order valence-electron chi connectivity index (χ1n) is 7.42. The number of benzene rings is 2. The minimum absolute atomic E-state index is 0.0298.